The van der Waals surface area contributed by atoms with Crippen LogP contribution >= 0.6 is 27.7 Å². The van der Waals surface area contributed by atoms with Crippen LogP contribution in [0.2, 0.25) is 0 Å². The minimum absolute atomic E-state index is 0.0410. The van der Waals surface area contributed by atoms with Gasteiger partial charge in [0.1, 0.15) is 0 Å². The fraction of sp³-hybridized carbons (Fsp3) is 0.118. The Morgan fingerprint density at radius 2 is 1.86 bits per heavy atom. The Kier molecular flexibility index (Phi) is 4.58. The van der Waals surface area contributed by atoms with Crippen molar-refractivity contribution in [1.29, 1.82) is 0 Å². The van der Waals surface area contributed by atoms with Crippen molar-refractivity contribution in [2.45, 2.75) is 10.9 Å². The molecule has 0 saturated heterocycles. The van der Waals surface area contributed by atoms with Crippen molar-refractivity contribution in [2.75, 3.05) is 5.75 Å². The number of nitrogens with two attached hydrogens (primary N) is 1. The molecule has 4 heteroatoms. The quantitative estimate of drug-likeness (QED) is 0.681. The van der Waals surface area contributed by atoms with Gasteiger partial charge in [-0.25, -0.2) is 0 Å². The summed E-state index contributed by atoms with van der Waals surface area (Å²) in [6, 6.07) is 18.4. The molecule has 0 amide bonds. The number of benzene rings is 2. The van der Waals surface area contributed by atoms with E-state index in [0.29, 0.717) is 0 Å². The van der Waals surface area contributed by atoms with Gasteiger partial charge in [0.25, 0.3) is 0 Å². The molecule has 0 saturated carbocycles. The lowest BCUT2D eigenvalue weighted by Crippen LogP contribution is -2.13. The second kappa shape index (κ2) is 6.60. The maximum atomic E-state index is 6.38. The highest BCUT2D eigenvalue weighted by Gasteiger charge is 2.11. The van der Waals surface area contributed by atoms with Crippen molar-refractivity contribution in [3.63, 3.8) is 0 Å². The number of aromatic nitrogens is 1. The normalized spacial score (nSPS) is 12.5. The molecule has 0 spiro atoms. The van der Waals surface area contributed by atoms with Crippen LogP contribution in [0.3, 0.4) is 0 Å². The van der Waals surface area contributed by atoms with Crippen molar-refractivity contribution in [1.82, 2.24) is 4.98 Å². The zero-order valence-corrected chi connectivity index (χ0v) is 13.8. The minimum atomic E-state index is -0.0410. The first-order chi connectivity index (χ1) is 10.3. The van der Waals surface area contributed by atoms with Crippen LogP contribution in [0.15, 0.2) is 70.2 Å². The van der Waals surface area contributed by atoms with Gasteiger partial charge in [-0.3, -0.25) is 4.98 Å². The van der Waals surface area contributed by atoms with E-state index in [-0.39, 0.29) is 6.04 Å². The maximum absolute atomic E-state index is 6.38. The number of pyridine rings is 1. The van der Waals surface area contributed by atoms with Crippen molar-refractivity contribution < 1.29 is 0 Å². The van der Waals surface area contributed by atoms with Crippen LogP contribution in [-0.2, 0) is 0 Å². The molecule has 3 aromatic rings. The molecule has 2 nitrogen and oxygen atoms in total. The molecular formula is C17H15BrN2S. The summed E-state index contributed by atoms with van der Waals surface area (Å²) in [4.78, 5) is 5.69. The molecule has 1 unspecified atom stereocenters. The van der Waals surface area contributed by atoms with Crippen LogP contribution in [0, 0.1) is 0 Å². The first-order valence-corrected chi connectivity index (χ1v) is 8.50. The van der Waals surface area contributed by atoms with Gasteiger partial charge in [-0.05, 0) is 39.7 Å². The van der Waals surface area contributed by atoms with E-state index < -0.39 is 0 Å². The van der Waals surface area contributed by atoms with Crippen LogP contribution in [0.5, 0.6) is 0 Å². The molecule has 2 aromatic carbocycles. The second-order valence-electron chi connectivity index (χ2n) is 4.77. The summed E-state index contributed by atoms with van der Waals surface area (Å²) in [6.07, 6.45) is 1.82. The molecule has 2 N–H and O–H groups in total. The van der Waals surface area contributed by atoms with E-state index in [1.54, 1.807) is 11.8 Å². The van der Waals surface area contributed by atoms with E-state index >= 15 is 0 Å². The summed E-state index contributed by atoms with van der Waals surface area (Å²) in [5, 5.41) is 1.14. The fourth-order valence-corrected chi connectivity index (χ4v) is 3.81. The van der Waals surface area contributed by atoms with Crippen LogP contribution in [0.25, 0.3) is 10.9 Å². The smallest absolute Gasteiger partial charge is 0.0749 e. The topological polar surface area (TPSA) is 38.9 Å². The zero-order chi connectivity index (χ0) is 14.7. The van der Waals surface area contributed by atoms with Gasteiger partial charge in [0.05, 0.1) is 5.52 Å². The molecule has 0 aliphatic carbocycles. The summed E-state index contributed by atoms with van der Waals surface area (Å²) in [6.45, 7) is 0. The van der Waals surface area contributed by atoms with E-state index in [0.717, 1.165) is 26.7 Å². The third-order valence-corrected chi connectivity index (χ3v) is 5.47. The maximum Gasteiger partial charge on any atom is 0.0749 e. The van der Waals surface area contributed by atoms with Gasteiger partial charge < -0.3 is 5.73 Å². The first kappa shape index (κ1) is 14.6. The van der Waals surface area contributed by atoms with E-state index in [4.69, 9.17) is 5.73 Å². The number of halogens is 1. The fourth-order valence-electron chi connectivity index (χ4n) is 2.26. The minimum Gasteiger partial charge on any atom is -0.323 e. The third kappa shape index (κ3) is 3.28. The number of fused-ring (bicyclic) bond motifs is 1. The highest BCUT2D eigenvalue weighted by molar-refractivity contribution is 9.10. The Morgan fingerprint density at radius 3 is 2.71 bits per heavy atom. The monoisotopic (exact) mass is 358 g/mol. The average Bonchev–Trinajstić information content (AvgIpc) is 2.53. The van der Waals surface area contributed by atoms with E-state index in [1.165, 1.54) is 4.90 Å². The Bertz CT molecular complexity index is 755. The Labute approximate surface area is 136 Å². The summed E-state index contributed by atoms with van der Waals surface area (Å²) >= 11 is 5.33. The molecular weight excluding hydrogens is 344 g/mol. The lowest BCUT2D eigenvalue weighted by molar-refractivity contribution is 0.837. The van der Waals surface area contributed by atoms with Gasteiger partial charge in [-0.15, -0.1) is 11.8 Å². The highest BCUT2D eigenvalue weighted by atomic mass is 79.9. The molecule has 106 valence electrons. The molecule has 1 aromatic heterocycles. The second-order valence-corrected chi connectivity index (χ2v) is 6.69. The first-order valence-electron chi connectivity index (χ1n) is 6.72. The lowest BCUT2D eigenvalue weighted by Gasteiger charge is -2.14. The van der Waals surface area contributed by atoms with Crippen molar-refractivity contribution in [3.05, 3.63) is 70.8 Å². The summed E-state index contributed by atoms with van der Waals surface area (Å²) in [5.41, 5.74) is 8.49. The summed E-state index contributed by atoms with van der Waals surface area (Å²) < 4.78 is 1.11. The van der Waals surface area contributed by atoms with Gasteiger partial charge in [0.2, 0.25) is 0 Å². The average molecular weight is 359 g/mol. The van der Waals surface area contributed by atoms with Crippen molar-refractivity contribution >= 4 is 38.6 Å². The molecule has 0 radical (unpaired) electrons. The number of hydrogen-bond donors (Lipinski definition) is 1. The lowest BCUT2D eigenvalue weighted by atomic mass is 10.0. The van der Waals surface area contributed by atoms with Gasteiger partial charge in [0, 0.05) is 32.7 Å². The number of thioether (sulfide) groups is 1. The molecule has 1 atom stereocenters. The Hall–Kier alpha value is -1.36. The molecule has 21 heavy (non-hydrogen) atoms. The number of hydrogen-bond acceptors (Lipinski definition) is 3. The molecule has 0 aliphatic rings. The summed E-state index contributed by atoms with van der Waals surface area (Å²) in [7, 11) is 0. The molecule has 3 rings (SSSR count). The summed E-state index contributed by atoms with van der Waals surface area (Å²) in [5.74, 6) is 0.818. The standard InChI is InChI=1S/C17H15BrN2S/c18-14-8-1-2-9-16(14)21-11-15(19)13-7-3-5-12-6-4-10-20-17(12)13/h1-10,15H,11,19H2. The zero-order valence-electron chi connectivity index (χ0n) is 11.4. The molecule has 0 bridgehead atoms. The Balaban J connectivity index is 1.81. The van der Waals surface area contributed by atoms with Gasteiger partial charge in [-0.1, -0.05) is 36.4 Å². The largest absolute Gasteiger partial charge is 0.323 e. The van der Waals surface area contributed by atoms with Crippen LogP contribution in [-0.4, -0.2) is 10.7 Å². The molecule has 1 heterocycles. The number of para-hydroxylation sites is 1. The van der Waals surface area contributed by atoms with Crippen LogP contribution in [0.4, 0.5) is 0 Å². The predicted octanol–water partition coefficient (Wildman–Crippen LogP) is 4.79. The van der Waals surface area contributed by atoms with Crippen LogP contribution < -0.4 is 5.73 Å². The van der Waals surface area contributed by atoms with Crippen molar-refractivity contribution in [3.8, 4) is 0 Å². The van der Waals surface area contributed by atoms with Crippen LogP contribution in [0.1, 0.15) is 11.6 Å². The number of nitrogens with zero attached hydrogens (tertiary/aromatic N) is 1. The van der Waals surface area contributed by atoms with E-state index in [1.807, 2.05) is 36.5 Å². The predicted molar refractivity (Wildman–Crippen MR) is 93.5 cm³/mol. The van der Waals surface area contributed by atoms with Gasteiger partial charge >= 0.3 is 0 Å². The third-order valence-electron chi connectivity index (χ3n) is 3.32. The number of rotatable bonds is 4. The van der Waals surface area contributed by atoms with E-state index in [2.05, 4.69) is 45.2 Å². The SMILES string of the molecule is NC(CSc1ccccc1Br)c1cccc2cccnc12. The molecule has 0 aliphatic heterocycles. The Morgan fingerprint density at radius 1 is 1.05 bits per heavy atom. The molecule has 0 fully saturated rings. The highest BCUT2D eigenvalue weighted by Crippen LogP contribution is 2.31. The van der Waals surface area contributed by atoms with Crippen molar-refractivity contribution in [2.24, 2.45) is 5.73 Å². The van der Waals surface area contributed by atoms with Gasteiger partial charge in [0.15, 0.2) is 0 Å². The van der Waals surface area contributed by atoms with E-state index in [9.17, 15) is 0 Å². The van der Waals surface area contributed by atoms with Gasteiger partial charge in [-0.2, -0.15) is 0 Å².